The Balaban J connectivity index is 1.39. The number of furan rings is 1. The molecule has 2 aromatic heterocycles. The molecule has 31 heavy (non-hydrogen) atoms. The largest absolute Gasteiger partial charge is 0.467 e. The van der Waals surface area contributed by atoms with Crippen molar-refractivity contribution >= 4 is 28.9 Å². The van der Waals surface area contributed by atoms with Crippen molar-refractivity contribution in [3.05, 3.63) is 46.5 Å². The third-order valence-electron chi connectivity index (χ3n) is 6.21. The Labute approximate surface area is 187 Å². The zero-order chi connectivity index (χ0) is 21.8. The van der Waals surface area contributed by atoms with Gasteiger partial charge >= 0.3 is 0 Å². The summed E-state index contributed by atoms with van der Waals surface area (Å²) in [7, 11) is 0. The Bertz CT molecular complexity index is 897. The van der Waals surface area contributed by atoms with E-state index in [1.54, 1.807) is 22.6 Å². The Kier molecular flexibility index (Phi) is 6.87. The minimum atomic E-state index is -0.207. The van der Waals surface area contributed by atoms with Gasteiger partial charge < -0.3 is 9.32 Å². The summed E-state index contributed by atoms with van der Waals surface area (Å²) < 4.78 is 5.62. The van der Waals surface area contributed by atoms with Gasteiger partial charge in [0.2, 0.25) is 5.91 Å². The zero-order valence-corrected chi connectivity index (χ0v) is 19.0. The standard InChI is InChI=1S/C23H30N4O3S/c1-3-26(4-2)23(29)17-9-11-25(12-10-17)16-22(28)27-19(20-7-5-13-30-20)15-18(24-27)21-8-6-14-31-21/h5-8,13-14,17,19H,3-4,9-12,15-16H2,1-2H3. The number of hydrogen-bond donors (Lipinski definition) is 0. The van der Waals surface area contributed by atoms with E-state index in [0.29, 0.717) is 13.0 Å². The van der Waals surface area contributed by atoms with Crippen LogP contribution < -0.4 is 0 Å². The van der Waals surface area contributed by atoms with Crippen molar-refractivity contribution in [3.8, 4) is 0 Å². The molecule has 7 nitrogen and oxygen atoms in total. The van der Waals surface area contributed by atoms with Crippen LogP contribution in [-0.2, 0) is 9.59 Å². The third-order valence-corrected chi connectivity index (χ3v) is 7.13. The highest BCUT2D eigenvalue weighted by Crippen LogP contribution is 2.34. The van der Waals surface area contributed by atoms with E-state index in [-0.39, 0.29) is 23.8 Å². The van der Waals surface area contributed by atoms with Gasteiger partial charge in [0.25, 0.3) is 5.91 Å². The summed E-state index contributed by atoms with van der Waals surface area (Å²) in [6.45, 7) is 7.36. The van der Waals surface area contributed by atoms with Crippen molar-refractivity contribution in [3.63, 3.8) is 0 Å². The molecule has 1 fully saturated rings. The first kappa shape index (κ1) is 21.8. The fraction of sp³-hybridized carbons (Fsp3) is 0.522. The Morgan fingerprint density at radius 2 is 1.97 bits per heavy atom. The lowest BCUT2D eigenvalue weighted by molar-refractivity contribution is -0.137. The molecule has 0 saturated carbocycles. The Morgan fingerprint density at radius 3 is 2.58 bits per heavy atom. The number of hydrogen-bond acceptors (Lipinski definition) is 6. The minimum Gasteiger partial charge on any atom is -0.467 e. The third kappa shape index (κ3) is 4.75. The van der Waals surface area contributed by atoms with E-state index in [1.165, 1.54) is 0 Å². The summed E-state index contributed by atoms with van der Waals surface area (Å²) in [5, 5.41) is 8.31. The topological polar surface area (TPSA) is 69.4 Å². The van der Waals surface area contributed by atoms with E-state index < -0.39 is 0 Å². The SMILES string of the molecule is CCN(CC)C(=O)C1CCN(CC(=O)N2N=C(c3cccs3)CC2c2ccco2)CC1. The molecular weight excluding hydrogens is 412 g/mol. The maximum Gasteiger partial charge on any atom is 0.257 e. The molecule has 1 saturated heterocycles. The van der Waals surface area contributed by atoms with Gasteiger partial charge in [-0.1, -0.05) is 6.07 Å². The number of amides is 2. The first-order chi connectivity index (χ1) is 15.1. The highest BCUT2D eigenvalue weighted by Gasteiger charge is 2.36. The van der Waals surface area contributed by atoms with Gasteiger partial charge in [-0.2, -0.15) is 5.10 Å². The minimum absolute atomic E-state index is 0.0264. The Hall–Kier alpha value is -2.45. The first-order valence-corrected chi connectivity index (χ1v) is 12.0. The second kappa shape index (κ2) is 9.78. The van der Waals surface area contributed by atoms with Crippen LogP contribution in [0.25, 0.3) is 0 Å². The number of rotatable bonds is 7. The van der Waals surface area contributed by atoms with Gasteiger partial charge in [-0.3, -0.25) is 14.5 Å². The van der Waals surface area contributed by atoms with E-state index in [2.05, 4.69) is 10.0 Å². The van der Waals surface area contributed by atoms with Gasteiger partial charge in [-0.05, 0) is 63.4 Å². The van der Waals surface area contributed by atoms with Crippen molar-refractivity contribution in [2.75, 3.05) is 32.7 Å². The molecule has 1 unspecified atom stereocenters. The smallest absolute Gasteiger partial charge is 0.257 e. The lowest BCUT2D eigenvalue weighted by atomic mass is 9.95. The van der Waals surface area contributed by atoms with Crippen molar-refractivity contribution < 1.29 is 14.0 Å². The van der Waals surface area contributed by atoms with Crippen LogP contribution in [0.4, 0.5) is 0 Å². The Morgan fingerprint density at radius 1 is 1.19 bits per heavy atom. The predicted molar refractivity (Wildman–Crippen MR) is 121 cm³/mol. The van der Waals surface area contributed by atoms with Gasteiger partial charge in [-0.25, -0.2) is 5.01 Å². The fourth-order valence-electron chi connectivity index (χ4n) is 4.43. The molecule has 0 spiro atoms. The average Bonchev–Trinajstić information content (AvgIpc) is 3.56. The predicted octanol–water partition coefficient (Wildman–Crippen LogP) is 3.60. The van der Waals surface area contributed by atoms with E-state index >= 15 is 0 Å². The van der Waals surface area contributed by atoms with E-state index in [1.807, 2.05) is 48.4 Å². The zero-order valence-electron chi connectivity index (χ0n) is 18.2. The van der Waals surface area contributed by atoms with Crippen LogP contribution in [0.2, 0.25) is 0 Å². The van der Waals surface area contributed by atoms with Gasteiger partial charge in [-0.15, -0.1) is 11.3 Å². The molecule has 2 amide bonds. The molecule has 2 aliphatic heterocycles. The number of hydrazone groups is 1. The molecule has 2 aliphatic rings. The van der Waals surface area contributed by atoms with Crippen molar-refractivity contribution in [1.29, 1.82) is 0 Å². The molecule has 0 N–H and O–H groups in total. The fourth-order valence-corrected chi connectivity index (χ4v) is 5.15. The van der Waals surface area contributed by atoms with Crippen LogP contribution in [0.1, 0.15) is 49.8 Å². The van der Waals surface area contributed by atoms with E-state index in [0.717, 1.165) is 55.4 Å². The molecule has 1 atom stereocenters. The lowest BCUT2D eigenvalue weighted by Crippen LogP contribution is -2.45. The summed E-state index contributed by atoms with van der Waals surface area (Å²) in [5.74, 6) is 1.05. The molecular formula is C23H30N4O3S. The highest BCUT2D eigenvalue weighted by atomic mass is 32.1. The molecule has 2 aromatic rings. The molecule has 166 valence electrons. The van der Waals surface area contributed by atoms with Crippen LogP contribution in [-0.4, -0.2) is 65.1 Å². The van der Waals surface area contributed by atoms with Crippen molar-refractivity contribution in [1.82, 2.24) is 14.8 Å². The van der Waals surface area contributed by atoms with Crippen molar-refractivity contribution in [2.24, 2.45) is 11.0 Å². The van der Waals surface area contributed by atoms with Gasteiger partial charge in [0.15, 0.2) is 0 Å². The van der Waals surface area contributed by atoms with Gasteiger partial charge in [0, 0.05) is 25.4 Å². The van der Waals surface area contributed by atoms with Gasteiger partial charge in [0.05, 0.1) is 23.4 Å². The van der Waals surface area contributed by atoms with E-state index in [9.17, 15) is 9.59 Å². The molecule has 4 rings (SSSR count). The van der Waals surface area contributed by atoms with Crippen molar-refractivity contribution in [2.45, 2.75) is 39.2 Å². The first-order valence-electron chi connectivity index (χ1n) is 11.1. The normalized spacial score (nSPS) is 20.1. The molecule has 0 aromatic carbocycles. The molecule has 0 radical (unpaired) electrons. The number of carbonyl (C=O) groups excluding carboxylic acids is 2. The maximum absolute atomic E-state index is 13.2. The second-order valence-corrected chi connectivity index (χ2v) is 9.01. The quantitative estimate of drug-likeness (QED) is 0.657. The number of nitrogens with zero attached hydrogens (tertiary/aromatic N) is 4. The number of piperidine rings is 1. The van der Waals surface area contributed by atoms with Crippen LogP contribution >= 0.6 is 11.3 Å². The van der Waals surface area contributed by atoms with E-state index in [4.69, 9.17) is 4.42 Å². The summed E-state index contributed by atoms with van der Waals surface area (Å²) >= 11 is 1.63. The summed E-state index contributed by atoms with van der Waals surface area (Å²) in [6, 6.07) is 7.58. The monoisotopic (exact) mass is 442 g/mol. The number of thiophene rings is 1. The second-order valence-electron chi connectivity index (χ2n) is 8.06. The van der Waals surface area contributed by atoms with Crippen LogP contribution in [0.3, 0.4) is 0 Å². The number of likely N-dealkylation sites (tertiary alicyclic amines) is 1. The maximum atomic E-state index is 13.2. The molecule has 0 aliphatic carbocycles. The molecule has 4 heterocycles. The summed E-state index contributed by atoms with van der Waals surface area (Å²) in [4.78, 5) is 31.0. The summed E-state index contributed by atoms with van der Waals surface area (Å²) in [5.41, 5.74) is 0.924. The molecule has 8 heteroatoms. The molecule has 0 bridgehead atoms. The highest BCUT2D eigenvalue weighted by molar-refractivity contribution is 7.12. The van der Waals surface area contributed by atoms with Crippen LogP contribution in [0.5, 0.6) is 0 Å². The lowest BCUT2D eigenvalue weighted by Gasteiger charge is -2.34. The van der Waals surface area contributed by atoms with Crippen LogP contribution in [0, 0.1) is 5.92 Å². The summed E-state index contributed by atoms with van der Waals surface area (Å²) in [6.07, 6.45) is 3.89. The average molecular weight is 443 g/mol. The van der Waals surface area contributed by atoms with Crippen LogP contribution in [0.15, 0.2) is 45.4 Å². The number of carbonyl (C=O) groups is 2. The van der Waals surface area contributed by atoms with Gasteiger partial charge in [0.1, 0.15) is 11.8 Å².